The number of piperazine rings is 1. The van der Waals surface area contributed by atoms with Gasteiger partial charge in [-0.25, -0.2) is 28.6 Å². The number of nitrogens with zero attached hydrogens (tertiary/aromatic N) is 9. The molecule has 0 bridgehead atoms. The number of carbonyl (C=O) groups is 1. The van der Waals surface area contributed by atoms with E-state index < -0.39 is 17.7 Å². The van der Waals surface area contributed by atoms with Crippen LogP contribution in [0, 0.1) is 25.5 Å². The van der Waals surface area contributed by atoms with Gasteiger partial charge in [0.2, 0.25) is 5.95 Å². The van der Waals surface area contributed by atoms with Gasteiger partial charge in [-0.2, -0.15) is 14.8 Å². The molecule has 2 aromatic heterocycles. The van der Waals surface area contributed by atoms with E-state index in [9.17, 15) is 13.6 Å². The highest BCUT2D eigenvalue weighted by atomic mass is 35.5. The van der Waals surface area contributed by atoms with Crippen LogP contribution in [0.25, 0.3) is 5.82 Å². The van der Waals surface area contributed by atoms with Crippen LogP contribution >= 0.6 is 11.6 Å². The van der Waals surface area contributed by atoms with Crippen molar-refractivity contribution in [2.75, 3.05) is 31.1 Å². The zero-order valence-corrected chi connectivity index (χ0v) is 19.8. The van der Waals surface area contributed by atoms with Crippen LogP contribution in [0.2, 0.25) is 5.02 Å². The summed E-state index contributed by atoms with van der Waals surface area (Å²) in [6.45, 7) is 5.37. The molecule has 13 heteroatoms. The number of carbonyl (C=O) groups excluding carboxylic acids is 1. The Labute approximate surface area is 204 Å². The van der Waals surface area contributed by atoms with Crippen molar-refractivity contribution >= 4 is 29.8 Å². The summed E-state index contributed by atoms with van der Waals surface area (Å²) in [4.78, 5) is 30.0. The van der Waals surface area contributed by atoms with Crippen LogP contribution in [0.4, 0.5) is 19.5 Å². The van der Waals surface area contributed by atoms with Crippen LogP contribution in [0.5, 0.6) is 0 Å². The summed E-state index contributed by atoms with van der Waals surface area (Å²) in [5.41, 5.74) is 0.368. The lowest BCUT2D eigenvalue weighted by atomic mass is 10.0. The molecule has 0 unspecified atom stereocenters. The van der Waals surface area contributed by atoms with Crippen molar-refractivity contribution in [1.29, 1.82) is 0 Å². The average molecular weight is 502 g/mol. The first-order valence-electron chi connectivity index (χ1n) is 11.0. The molecule has 0 spiro atoms. The maximum absolute atomic E-state index is 13.7. The Bertz CT molecular complexity index is 1290. The van der Waals surface area contributed by atoms with Gasteiger partial charge in [-0.15, -0.1) is 5.10 Å². The lowest BCUT2D eigenvalue weighted by Crippen LogP contribution is -2.52. The molecule has 2 aliphatic rings. The van der Waals surface area contributed by atoms with Crippen LogP contribution in [0.1, 0.15) is 29.7 Å². The fourth-order valence-corrected chi connectivity index (χ4v) is 4.43. The first-order chi connectivity index (χ1) is 16.8. The highest BCUT2D eigenvalue weighted by molar-refractivity contribution is 6.32. The number of benzene rings is 1. The van der Waals surface area contributed by atoms with Gasteiger partial charge in [0.25, 0.3) is 0 Å². The van der Waals surface area contributed by atoms with Crippen molar-refractivity contribution in [1.82, 2.24) is 34.6 Å². The molecule has 1 aromatic carbocycles. The number of aryl methyl sites for hydroxylation is 2. The highest BCUT2D eigenvalue weighted by Gasteiger charge is 2.34. The smallest absolute Gasteiger partial charge is 0.337 e. The molecule has 1 atom stereocenters. The van der Waals surface area contributed by atoms with Crippen LogP contribution in [-0.4, -0.2) is 73.1 Å². The number of amides is 2. The van der Waals surface area contributed by atoms with Gasteiger partial charge in [0.15, 0.2) is 5.82 Å². The van der Waals surface area contributed by atoms with Crippen molar-refractivity contribution in [3.05, 3.63) is 58.3 Å². The number of hydrogen-bond acceptors (Lipinski definition) is 7. The minimum absolute atomic E-state index is 0.320. The first-order valence-corrected chi connectivity index (χ1v) is 11.4. The summed E-state index contributed by atoms with van der Waals surface area (Å²) < 4.78 is 29.0. The van der Waals surface area contributed by atoms with E-state index in [1.165, 1.54) is 23.3 Å². The van der Waals surface area contributed by atoms with Gasteiger partial charge < -0.3 is 9.80 Å². The van der Waals surface area contributed by atoms with Crippen LogP contribution < -0.4 is 4.90 Å². The van der Waals surface area contributed by atoms with Crippen molar-refractivity contribution < 1.29 is 13.6 Å². The summed E-state index contributed by atoms with van der Waals surface area (Å²) in [5.74, 6) is 0.789. The quantitative estimate of drug-likeness (QED) is 0.546. The Kier molecular flexibility index (Phi) is 6.05. The molecule has 0 aliphatic carbocycles. The molecule has 3 aromatic rings. The van der Waals surface area contributed by atoms with E-state index >= 15 is 0 Å². The van der Waals surface area contributed by atoms with Crippen LogP contribution in [-0.2, 0) is 0 Å². The molecule has 0 saturated carbocycles. The summed E-state index contributed by atoms with van der Waals surface area (Å²) in [7, 11) is 0. The van der Waals surface area contributed by atoms with Crippen molar-refractivity contribution in [2.24, 2.45) is 5.10 Å². The minimum Gasteiger partial charge on any atom is -0.337 e. The average Bonchev–Trinajstić information content (AvgIpc) is 3.44. The van der Waals surface area contributed by atoms with E-state index in [1.807, 2.05) is 11.8 Å². The van der Waals surface area contributed by atoms with E-state index in [1.54, 1.807) is 22.7 Å². The zero-order valence-electron chi connectivity index (χ0n) is 19.1. The largest absolute Gasteiger partial charge is 0.341 e. The number of urea groups is 1. The summed E-state index contributed by atoms with van der Waals surface area (Å²) in [6, 6.07) is 2.39. The molecular weight excluding hydrogens is 480 g/mol. The maximum Gasteiger partial charge on any atom is 0.341 e. The van der Waals surface area contributed by atoms with Gasteiger partial charge in [-0.3, -0.25) is 0 Å². The number of anilines is 1. The Morgan fingerprint density at radius 2 is 1.77 bits per heavy atom. The predicted octanol–water partition coefficient (Wildman–Crippen LogP) is 3.28. The molecule has 1 fully saturated rings. The summed E-state index contributed by atoms with van der Waals surface area (Å²) in [6.07, 6.45) is 3.49. The van der Waals surface area contributed by atoms with Gasteiger partial charge in [0.1, 0.15) is 28.3 Å². The molecule has 10 nitrogen and oxygen atoms in total. The molecule has 1 saturated heterocycles. The number of aromatic nitrogens is 5. The fraction of sp³-hybridized carbons (Fsp3) is 0.364. The molecule has 5 rings (SSSR count). The van der Waals surface area contributed by atoms with Gasteiger partial charge >= 0.3 is 6.03 Å². The topological polar surface area (TPSA) is 95.6 Å². The third-order valence-corrected chi connectivity index (χ3v) is 6.18. The standard InChI is InChI=1S/C22H22ClF2N9O/c1-13-28-14(2)33(30-13)20-18(23)12-26-21(29-20)31-5-7-32(8-6-31)22(35)34-19(3-4-27-34)15-9-16(24)11-17(25)10-15/h4,9-12,19H,3,5-8H2,1-2H3/t19-/m0/s1. The fourth-order valence-electron chi connectivity index (χ4n) is 4.26. The number of rotatable bonds is 3. The van der Waals surface area contributed by atoms with E-state index in [2.05, 4.69) is 25.2 Å². The molecule has 4 heterocycles. The lowest BCUT2D eigenvalue weighted by molar-refractivity contribution is 0.139. The van der Waals surface area contributed by atoms with Gasteiger partial charge in [-0.1, -0.05) is 11.6 Å². The molecule has 0 N–H and O–H groups in total. The van der Waals surface area contributed by atoms with Gasteiger partial charge in [-0.05, 0) is 31.5 Å². The molecule has 182 valence electrons. The van der Waals surface area contributed by atoms with Gasteiger partial charge in [0.05, 0.1) is 12.2 Å². The van der Waals surface area contributed by atoms with E-state index in [0.29, 0.717) is 66.6 Å². The number of halogens is 3. The third-order valence-electron chi connectivity index (χ3n) is 5.92. The van der Waals surface area contributed by atoms with Crippen molar-refractivity contribution in [3.8, 4) is 5.82 Å². The van der Waals surface area contributed by atoms with E-state index in [4.69, 9.17) is 11.6 Å². The molecule has 2 aliphatic heterocycles. The second-order valence-corrected chi connectivity index (χ2v) is 8.72. The number of hydrazone groups is 1. The highest BCUT2D eigenvalue weighted by Crippen LogP contribution is 2.30. The first kappa shape index (κ1) is 23.1. The molecule has 35 heavy (non-hydrogen) atoms. The second-order valence-electron chi connectivity index (χ2n) is 8.31. The minimum atomic E-state index is -0.688. The van der Waals surface area contributed by atoms with Crippen molar-refractivity contribution in [2.45, 2.75) is 26.3 Å². The Hall–Kier alpha value is -3.67. The molecular formula is C22H22ClF2N9O. The third kappa shape index (κ3) is 4.53. The zero-order chi connectivity index (χ0) is 24.7. The predicted molar refractivity (Wildman–Crippen MR) is 125 cm³/mol. The normalized spacial score (nSPS) is 18.0. The Morgan fingerprint density at radius 1 is 1.06 bits per heavy atom. The molecule has 2 amide bonds. The van der Waals surface area contributed by atoms with Crippen LogP contribution in [0.15, 0.2) is 29.5 Å². The van der Waals surface area contributed by atoms with Gasteiger partial charge in [0, 0.05) is 44.9 Å². The summed E-state index contributed by atoms with van der Waals surface area (Å²) in [5, 5.41) is 10.2. The summed E-state index contributed by atoms with van der Waals surface area (Å²) >= 11 is 6.32. The Morgan fingerprint density at radius 3 is 2.43 bits per heavy atom. The van der Waals surface area contributed by atoms with E-state index in [-0.39, 0.29) is 6.03 Å². The Balaban J connectivity index is 1.28. The molecule has 0 radical (unpaired) electrons. The second kappa shape index (κ2) is 9.17. The maximum atomic E-state index is 13.7. The van der Waals surface area contributed by atoms with Crippen molar-refractivity contribution in [3.63, 3.8) is 0 Å². The number of hydrogen-bond donors (Lipinski definition) is 0. The van der Waals surface area contributed by atoms with E-state index in [0.717, 1.165) is 6.07 Å². The monoisotopic (exact) mass is 501 g/mol. The SMILES string of the molecule is Cc1nc(C)n(-c2nc(N3CCN(C(=O)N4N=CC[C@H]4c4cc(F)cc(F)c4)CC3)ncc2Cl)n1. The van der Waals surface area contributed by atoms with Crippen LogP contribution in [0.3, 0.4) is 0 Å². The lowest BCUT2D eigenvalue weighted by Gasteiger charge is -2.37.